The largest absolute Gasteiger partial charge is 0.219 e. The van der Waals surface area contributed by atoms with Gasteiger partial charge >= 0.3 is 0 Å². The molecule has 0 aliphatic rings. The summed E-state index contributed by atoms with van der Waals surface area (Å²) in [5.74, 6) is -0.285. The summed E-state index contributed by atoms with van der Waals surface area (Å²) in [5.41, 5.74) is 1.85. The molecule has 2 aromatic rings. The van der Waals surface area contributed by atoms with Crippen molar-refractivity contribution < 1.29 is 4.39 Å². The van der Waals surface area contributed by atoms with Gasteiger partial charge in [-0.05, 0) is 30.9 Å². The zero-order chi connectivity index (χ0) is 11.5. The van der Waals surface area contributed by atoms with Gasteiger partial charge in [-0.3, -0.25) is 0 Å². The Kier molecular flexibility index (Phi) is 3.14. The molecular formula is C11H10FN3S. The fourth-order valence-corrected chi connectivity index (χ4v) is 1.65. The predicted octanol–water partition coefficient (Wildman–Crippen LogP) is 2.71. The quantitative estimate of drug-likeness (QED) is 0.750. The Labute approximate surface area is 97.1 Å². The monoisotopic (exact) mass is 235 g/mol. The summed E-state index contributed by atoms with van der Waals surface area (Å²) in [7, 11) is 0. The number of aromatic nitrogens is 3. The second kappa shape index (κ2) is 4.57. The number of benzene rings is 1. The van der Waals surface area contributed by atoms with Crippen LogP contribution in [-0.4, -0.2) is 21.4 Å². The fourth-order valence-electron chi connectivity index (χ4n) is 1.33. The first-order valence-electron chi connectivity index (χ1n) is 4.71. The van der Waals surface area contributed by atoms with Crippen LogP contribution in [0.25, 0.3) is 11.3 Å². The van der Waals surface area contributed by atoms with Gasteiger partial charge in [0, 0.05) is 5.56 Å². The van der Waals surface area contributed by atoms with Crippen molar-refractivity contribution in [3.8, 4) is 11.3 Å². The van der Waals surface area contributed by atoms with Crippen LogP contribution in [-0.2, 0) is 0 Å². The minimum atomic E-state index is -0.285. The molecule has 0 radical (unpaired) electrons. The van der Waals surface area contributed by atoms with E-state index >= 15 is 0 Å². The van der Waals surface area contributed by atoms with Crippen molar-refractivity contribution in [2.24, 2.45) is 0 Å². The lowest BCUT2D eigenvalue weighted by atomic mass is 10.1. The van der Waals surface area contributed by atoms with E-state index in [1.54, 1.807) is 6.07 Å². The molecule has 1 aromatic carbocycles. The van der Waals surface area contributed by atoms with Crippen molar-refractivity contribution in [2.75, 3.05) is 6.26 Å². The van der Waals surface area contributed by atoms with E-state index in [1.807, 2.05) is 19.2 Å². The van der Waals surface area contributed by atoms with E-state index in [0.29, 0.717) is 16.4 Å². The van der Waals surface area contributed by atoms with Gasteiger partial charge in [0.2, 0.25) is 5.16 Å². The van der Waals surface area contributed by atoms with Crippen LogP contribution in [0.3, 0.4) is 0 Å². The lowest BCUT2D eigenvalue weighted by Gasteiger charge is -2.03. The summed E-state index contributed by atoms with van der Waals surface area (Å²) in [6.07, 6.45) is 3.32. The van der Waals surface area contributed by atoms with Crippen LogP contribution in [0.15, 0.2) is 29.6 Å². The van der Waals surface area contributed by atoms with Gasteiger partial charge in [-0.25, -0.2) is 9.37 Å². The van der Waals surface area contributed by atoms with Crippen molar-refractivity contribution in [3.05, 3.63) is 35.8 Å². The maximum Gasteiger partial charge on any atom is 0.209 e. The predicted molar refractivity (Wildman–Crippen MR) is 61.7 cm³/mol. The third-order valence-electron chi connectivity index (χ3n) is 2.12. The second-order valence-corrected chi connectivity index (χ2v) is 4.09. The van der Waals surface area contributed by atoms with Crippen LogP contribution in [0.2, 0.25) is 0 Å². The summed E-state index contributed by atoms with van der Waals surface area (Å²) in [6.45, 7) is 1.85. The van der Waals surface area contributed by atoms with Crippen molar-refractivity contribution in [1.29, 1.82) is 0 Å². The summed E-state index contributed by atoms with van der Waals surface area (Å²) in [5, 5.41) is 8.14. The zero-order valence-corrected chi connectivity index (χ0v) is 9.75. The molecule has 0 aliphatic carbocycles. The number of halogens is 1. The smallest absolute Gasteiger partial charge is 0.209 e. The molecule has 82 valence electrons. The summed E-state index contributed by atoms with van der Waals surface area (Å²) in [4.78, 5) is 4.20. The number of thioether (sulfide) groups is 1. The van der Waals surface area contributed by atoms with E-state index in [1.165, 1.54) is 24.0 Å². The molecule has 0 unspecified atom stereocenters. The Balaban J connectivity index is 2.49. The molecular weight excluding hydrogens is 225 g/mol. The topological polar surface area (TPSA) is 38.7 Å². The summed E-state index contributed by atoms with van der Waals surface area (Å²) in [6, 6.07) is 5.04. The first-order chi connectivity index (χ1) is 7.70. The van der Waals surface area contributed by atoms with Crippen molar-refractivity contribution in [2.45, 2.75) is 12.1 Å². The molecule has 1 heterocycles. The van der Waals surface area contributed by atoms with Gasteiger partial charge in [-0.2, -0.15) is 5.10 Å². The van der Waals surface area contributed by atoms with Gasteiger partial charge in [-0.1, -0.05) is 17.8 Å². The van der Waals surface area contributed by atoms with E-state index in [9.17, 15) is 4.39 Å². The molecule has 0 bridgehead atoms. The van der Waals surface area contributed by atoms with Crippen LogP contribution in [0.5, 0.6) is 0 Å². The van der Waals surface area contributed by atoms with Crippen LogP contribution in [0.4, 0.5) is 4.39 Å². The average Bonchev–Trinajstić information content (AvgIpc) is 2.29. The van der Waals surface area contributed by atoms with E-state index in [2.05, 4.69) is 15.2 Å². The highest BCUT2D eigenvalue weighted by atomic mass is 32.2. The minimum Gasteiger partial charge on any atom is -0.219 e. The Hall–Kier alpha value is -1.49. The number of aryl methyl sites for hydroxylation is 1. The Morgan fingerprint density at radius 2 is 2.12 bits per heavy atom. The van der Waals surface area contributed by atoms with Gasteiger partial charge < -0.3 is 0 Å². The number of rotatable bonds is 2. The highest BCUT2D eigenvalue weighted by Gasteiger charge is 2.08. The van der Waals surface area contributed by atoms with Gasteiger partial charge in [0.15, 0.2) is 0 Å². The van der Waals surface area contributed by atoms with Crippen molar-refractivity contribution >= 4 is 11.8 Å². The first-order valence-corrected chi connectivity index (χ1v) is 5.93. The van der Waals surface area contributed by atoms with E-state index < -0.39 is 0 Å². The molecule has 0 amide bonds. The lowest BCUT2D eigenvalue weighted by molar-refractivity contribution is 0.628. The molecule has 0 aliphatic heterocycles. The summed E-state index contributed by atoms with van der Waals surface area (Å²) >= 11 is 1.38. The highest BCUT2D eigenvalue weighted by Crippen LogP contribution is 2.22. The van der Waals surface area contributed by atoms with Crippen molar-refractivity contribution in [1.82, 2.24) is 15.2 Å². The molecule has 1 aromatic heterocycles. The molecule has 2 rings (SSSR count). The van der Waals surface area contributed by atoms with Gasteiger partial charge in [0.1, 0.15) is 5.82 Å². The van der Waals surface area contributed by atoms with Crippen molar-refractivity contribution in [3.63, 3.8) is 0 Å². The summed E-state index contributed by atoms with van der Waals surface area (Å²) < 4.78 is 13.7. The van der Waals surface area contributed by atoms with Gasteiger partial charge in [-0.15, -0.1) is 5.10 Å². The van der Waals surface area contributed by atoms with Crippen LogP contribution < -0.4 is 0 Å². The lowest BCUT2D eigenvalue weighted by Crippen LogP contribution is -1.94. The zero-order valence-electron chi connectivity index (χ0n) is 8.94. The molecule has 3 nitrogen and oxygen atoms in total. The first kappa shape index (κ1) is 11.0. The molecule has 0 fully saturated rings. The molecule has 0 saturated carbocycles. The number of nitrogens with zero attached hydrogens (tertiary/aromatic N) is 3. The molecule has 5 heteroatoms. The third-order valence-corrected chi connectivity index (χ3v) is 2.66. The Morgan fingerprint density at radius 3 is 2.81 bits per heavy atom. The molecule has 0 atom stereocenters. The second-order valence-electron chi connectivity index (χ2n) is 3.31. The molecule has 0 spiro atoms. The maximum absolute atomic E-state index is 13.7. The van der Waals surface area contributed by atoms with Gasteiger partial charge in [0.05, 0.1) is 11.9 Å². The molecule has 16 heavy (non-hydrogen) atoms. The fraction of sp³-hybridized carbons (Fsp3) is 0.182. The van der Waals surface area contributed by atoms with Gasteiger partial charge in [0.25, 0.3) is 0 Å². The van der Waals surface area contributed by atoms with E-state index in [4.69, 9.17) is 0 Å². The molecule has 0 N–H and O–H groups in total. The Morgan fingerprint density at radius 1 is 1.31 bits per heavy atom. The number of hydrogen-bond acceptors (Lipinski definition) is 4. The Bertz CT molecular complexity index is 516. The van der Waals surface area contributed by atoms with Crippen LogP contribution in [0.1, 0.15) is 5.56 Å². The maximum atomic E-state index is 13.7. The normalized spacial score (nSPS) is 10.4. The van der Waals surface area contributed by atoms with Crippen LogP contribution in [0, 0.1) is 12.7 Å². The SMILES string of the molecule is CSc1nncc(-c2ccc(C)cc2F)n1. The third kappa shape index (κ3) is 2.19. The van der Waals surface area contributed by atoms with Crippen LogP contribution >= 0.6 is 11.8 Å². The van der Waals surface area contributed by atoms with E-state index in [-0.39, 0.29) is 5.82 Å². The number of hydrogen-bond donors (Lipinski definition) is 0. The minimum absolute atomic E-state index is 0.285. The van der Waals surface area contributed by atoms with E-state index in [0.717, 1.165) is 5.56 Å². The molecule has 0 saturated heterocycles. The highest BCUT2D eigenvalue weighted by molar-refractivity contribution is 7.98. The average molecular weight is 235 g/mol. The standard InChI is InChI=1S/C11H10FN3S/c1-7-3-4-8(9(12)5-7)10-6-13-15-11(14-10)16-2/h3-6H,1-2H3.